The van der Waals surface area contributed by atoms with E-state index in [-0.39, 0.29) is 5.91 Å². The number of carbonyl (C=O) groups excluding carboxylic acids is 2. The van der Waals surface area contributed by atoms with Crippen LogP contribution in [0, 0.1) is 0 Å². The molecule has 0 radical (unpaired) electrons. The molecule has 5 nitrogen and oxygen atoms in total. The lowest BCUT2D eigenvalue weighted by Crippen LogP contribution is -2.53. The van der Waals surface area contributed by atoms with Gasteiger partial charge in [0.05, 0.1) is 0 Å². The van der Waals surface area contributed by atoms with E-state index in [1.54, 1.807) is 17.0 Å². The Bertz CT molecular complexity index is 411. The molecular formula is C12H13N2O3-. The Morgan fingerprint density at radius 3 is 2.00 bits per heavy atom. The van der Waals surface area contributed by atoms with E-state index in [2.05, 4.69) is 0 Å². The van der Waals surface area contributed by atoms with Gasteiger partial charge in [-0.25, -0.2) is 0 Å². The van der Waals surface area contributed by atoms with Gasteiger partial charge >= 0.3 is 0 Å². The average molecular weight is 233 g/mol. The Balaban J connectivity index is 1.98. The number of amides is 2. The Morgan fingerprint density at radius 2 is 1.47 bits per heavy atom. The van der Waals surface area contributed by atoms with Crippen molar-refractivity contribution in [1.29, 1.82) is 0 Å². The fraction of sp³-hybridized carbons (Fsp3) is 0.333. The van der Waals surface area contributed by atoms with Gasteiger partial charge in [0.25, 0.3) is 5.91 Å². The summed E-state index contributed by atoms with van der Waals surface area (Å²) in [6, 6.07) is 8.99. The first-order valence-electron chi connectivity index (χ1n) is 5.49. The standard InChI is InChI=1S/C12H14N2O3/c15-11(10-4-2-1-3-5-10)13-6-8-14(9-7-13)12(16)17/h1-5H,6-9H2,(H,16,17)/p-1. The summed E-state index contributed by atoms with van der Waals surface area (Å²) in [5.41, 5.74) is 0.634. The summed E-state index contributed by atoms with van der Waals surface area (Å²) in [5, 5.41) is 10.6. The van der Waals surface area contributed by atoms with Gasteiger partial charge < -0.3 is 19.7 Å². The predicted molar refractivity (Wildman–Crippen MR) is 59.3 cm³/mol. The highest BCUT2D eigenvalue weighted by atomic mass is 16.4. The van der Waals surface area contributed by atoms with Crippen molar-refractivity contribution in [2.45, 2.75) is 0 Å². The molecule has 5 heteroatoms. The number of carboxylic acid groups (broad SMARTS) is 1. The fourth-order valence-electron chi connectivity index (χ4n) is 1.86. The lowest BCUT2D eigenvalue weighted by molar-refractivity contribution is -0.266. The third kappa shape index (κ3) is 2.55. The zero-order valence-electron chi connectivity index (χ0n) is 9.33. The van der Waals surface area contributed by atoms with E-state index in [4.69, 9.17) is 0 Å². The lowest BCUT2D eigenvalue weighted by atomic mass is 10.2. The second-order valence-corrected chi connectivity index (χ2v) is 3.91. The Hall–Kier alpha value is -2.04. The second-order valence-electron chi connectivity index (χ2n) is 3.91. The minimum Gasteiger partial charge on any atom is -0.530 e. The zero-order chi connectivity index (χ0) is 12.3. The molecule has 1 aliphatic rings. The lowest BCUT2D eigenvalue weighted by Gasteiger charge is -2.36. The summed E-state index contributed by atoms with van der Waals surface area (Å²) in [7, 11) is 0. The Labute approximate surface area is 99.3 Å². The van der Waals surface area contributed by atoms with Crippen molar-refractivity contribution in [3.05, 3.63) is 35.9 Å². The van der Waals surface area contributed by atoms with Gasteiger partial charge in [0, 0.05) is 31.7 Å². The van der Waals surface area contributed by atoms with Crippen LogP contribution in [0.2, 0.25) is 0 Å². The van der Waals surface area contributed by atoms with Crippen LogP contribution in [0.4, 0.5) is 4.79 Å². The van der Waals surface area contributed by atoms with Crippen LogP contribution in [-0.2, 0) is 0 Å². The summed E-state index contributed by atoms with van der Waals surface area (Å²) in [6.07, 6.45) is -1.17. The largest absolute Gasteiger partial charge is 0.530 e. The molecule has 0 N–H and O–H groups in total. The van der Waals surface area contributed by atoms with Gasteiger partial charge in [-0.1, -0.05) is 18.2 Å². The number of rotatable bonds is 1. The maximum Gasteiger partial charge on any atom is 0.253 e. The Kier molecular flexibility index (Phi) is 3.27. The van der Waals surface area contributed by atoms with Crippen LogP contribution < -0.4 is 5.11 Å². The van der Waals surface area contributed by atoms with E-state index < -0.39 is 6.09 Å². The normalized spacial score (nSPS) is 15.8. The van der Waals surface area contributed by atoms with E-state index in [9.17, 15) is 14.7 Å². The molecule has 1 heterocycles. The summed E-state index contributed by atoms with van der Waals surface area (Å²) < 4.78 is 0. The molecule has 90 valence electrons. The monoisotopic (exact) mass is 233 g/mol. The first-order valence-corrected chi connectivity index (χ1v) is 5.49. The van der Waals surface area contributed by atoms with Gasteiger partial charge in [-0.3, -0.25) is 4.79 Å². The van der Waals surface area contributed by atoms with Crippen molar-refractivity contribution >= 4 is 12.0 Å². The predicted octanol–water partition coefficient (Wildman–Crippen LogP) is -0.212. The molecule has 2 rings (SSSR count). The number of hydrogen-bond acceptors (Lipinski definition) is 3. The maximum atomic E-state index is 12.0. The zero-order valence-corrected chi connectivity index (χ0v) is 9.33. The first kappa shape index (κ1) is 11.4. The Morgan fingerprint density at radius 1 is 0.941 bits per heavy atom. The van der Waals surface area contributed by atoms with Crippen molar-refractivity contribution < 1.29 is 14.7 Å². The minimum absolute atomic E-state index is 0.0522. The molecule has 1 fully saturated rings. The van der Waals surface area contributed by atoms with E-state index in [0.717, 1.165) is 0 Å². The number of carbonyl (C=O) groups is 2. The molecule has 0 saturated carbocycles. The van der Waals surface area contributed by atoms with Crippen molar-refractivity contribution in [1.82, 2.24) is 9.80 Å². The van der Waals surface area contributed by atoms with E-state index in [1.165, 1.54) is 4.90 Å². The molecule has 0 aromatic heterocycles. The first-order chi connectivity index (χ1) is 8.18. The highest BCUT2D eigenvalue weighted by molar-refractivity contribution is 5.94. The molecule has 1 aromatic rings. The third-order valence-corrected chi connectivity index (χ3v) is 2.85. The van der Waals surface area contributed by atoms with Crippen molar-refractivity contribution in [3.8, 4) is 0 Å². The maximum absolute atomic E-state index is 12.0. The van der Waals surface area contributed by atoms with E-state index in [0.29, 0.717) is 31.7 Å². The smallest absolute Gasteiger partial charge is 0.253 e. The van der Waals surface area contributed by atoms with Gasteiger partial charge in [0.1, 0.15) is 6.09 Å². The van der Waals surface area contributed by atoms with Crippen LogP contribution in [0.5, 0.6) is 0 Å². The van der Waals surface area contributed by atoms with Crippen LogP contribution in [0.25, 0.3) is 0 Å². The molecule has 1 aromatic carbocycles. The summed E-state index contributed by atoms with van der Waals surface area (Å²) in [5.74, 6) is -0.0522. The molecule has 0 bridgehead atoms. The van der Waals surface area contributed by atoms with Gasteiger partial charge in [-0.2, -0.15) is 0 Å². The minimum atomic E-state index is -1.17. The van der Waals surface area contributed by atoms with Crippen molar-refractivity contribution in [2.75, 3.05) is 26.2 Å². The molecule has 1 saturated heterocycles. The van der Waals surface area contributed by atoms with Crippen molar-refractivity contribution in [2.24, 2.45) is 0 Å². The van der Waals surface area contributed by atoms with Crippen molar-refractivity contribution in [3.63, 3.8) is 0 Å². The quantitative estimate of drug-likeness (QED) is 0.674. The number of benzene rings is 1. The number of piperazine rings is 1. The van der Waals surface area contributed by atoms with Crippen LogP contribution in [-0.4, -0.2) is 48.0 Å². The molecule has 0 aliphatic carbocycles. The molecule has 2 amide bonds. The average Bonchev–Trinajstić information content (AvgIpc) is 2.39. The SMILES string of the molecule is O=C([O-])N1CCN(C(=O)c2ccccc2)CC1. The van der Waals surface area contributed by atoms with Crippen LogP contribution in [0.3, 0.4) is 0 Å². The fourth-order valence-corrected chi connectivity index (χ4v) is 1.86. The number of nitrogens with zero attached hydrogens (tertiary/aromatic N) is 2. The topological polar surface area (TPSA) is 63.7 Å². The van der Waals surface area contributed by atoms with E-state index in [1.807, 2.05) is 18.2 Å². The summed E-state index contributed by atoms with van der Waals surface area (Å²) in [4.78, 5) is 25.5. The highest BCUT2D eigenvalue weighted by Crippen LogP contribution is 2.08. The van der Waals surface area contributed by atoms with Gasteiger partial charge in [0.15, 0.2) is 0 Å². The molecule has 0 atom stereocenters. The summed E-state index contributed by atoms with van der Waals surface area (Å²) >= 11 is 0. The van der Waals surface area contributed by atoms with Gasteiger partial charge in [-0.05, 0) is 12.1 Å². The molecule has 0 unspecified atom stereocenters. The van der Waals surface area contributed by atoms with Crippen LogP contribution in [0.15, 0.2) is 30.3 Å². The third-order valence-electron chi connectivity index (χ3n) is 2.85. The van der Waals surface area contributed by atoms with Gasteiger partial charge in [0.2, 0.25) is 0 Å². The van der Waals surface area contributed by atoms with Crippen LogP contribution >= 0.6 is 0 Å². The second kappa shape index (κ2) is 4.86. The number of hydrogen-bond donors (Lipinski definition) is 0. The highest BCUT2D eigenvalue weighted by Gasteiger charge is 2.21. The molecular weight excluding hydrogens is 220 g/mol. The van der Waals surface area contributed by atoms with Crippen LogP contribution in [0.1, 0.15) is 10.4 Å². The molecule has 17 heavy (non-hydrogen) atoms. The van der Waals surface area contributed by atoms with E-state index >= 15 is 0 Å². The van der Waals surface area contributed by atoms with Gasteiger partial charge in [-0.15, -0.1) is 0 Å². The summed E-state index contributed by atoms with van der Waals surface area (Å²) in [6.45, 7) is 1.48. The molecule has 0 spiro atoms. The molecule has 1 aliphatic heterocycles.